The van der Waals surface area contributed by atoms with E-state index in [-0.39, 0.29) is 48.5 Å². The van der Waals surface area contributed by atoms with Crippen molar-refractivity contribution in [3.8, 4) is 16.9 Å². The first-order valence-corrected chi connectivity index (χ1v) is 11.0. The van der Waals surface area contributed by atoms with Crippen molar-refractivity contribution in [2.75, 3.05) is 6.54 Å². The van der Waals surface area contributed by atoms with Crippen LogP contribution in [0.5, 0.6) is 5.75 Å². The number of esters is 1. The minimum atomic E-state index is -0.438. The molecule has 0 unspecified atom stereocenters. The molecular weight excluding hydrogens is 390 g/mol. The average molecular weight is 413 g/mol. The SMILES string of the molecule is O=C(CCN1C(=O)[C@@H]2[C@@H]3C=C[C@H]([C@@H]4C[C@H]34)[C@H]2C1=O)Oc1ccc(-c2ccccc2)cc1. The fourth-order valence-electron chi connectivity index (χ4n) is 5.97. The van der Waals surface area contributed by atoms with Crippen LogP contribution in [-0.2, 0) is 14.4 Å². The zero-order valence-electron chi connectivity index (χ0n) is 17.0. The van der Waals surface area contributed by atoms with Gasteiger partial charge < -0.3 is 4.74 Å². The van der Waals surface area contributed by atoms with E-state index in [4.69, 9.17) is 4.74 Å². The monoisotopic (exact) mass is 413 g/mol. The Morgan fingerprint density at radius 3 is 2.03 bits per heavy atom. The van der Waals surface area contributed by atoms with E-state index in [0.717, 1.165) is 17.5 Å². The zero-order valence-corrected chi connectivity index (χ0v) is 17.0. The van der Waals surface area contributed by atoms with Gasteiger partial charge in [-0.25, -0.2) is 0 Å². The molecule has 2 aromatic rings. The molecule has 1 aliphatic heterocycles. The summed E-state index contributed by atoms with van der Waals surface area (Å²) in [6.45, 7) is 0.0976. The molecule has 4 aliphatic carbocycles. The van der Waals surface area contributed by atoms with Crippen molar-refractivity contribution in [3.63, 3.8) is 0 Å². The zero-order chi connectivity index (χ0) is 21.1. The lowest BCUT2D eigenvalue weighted by Crippen LogP contribution is -2.40. The molecule has 7 rings (SSSR count). The Balaban J connectivity index is 1.08. The van der Waals surface area contributed by atoms with E-state index in [2.05, 4.69) is 12.2 Å². The lowest BCUT2D eigenvalue weighted by Gasteiger charge is -2.37. The van der Waals surface area contributed by atoms with Crippen LogP contribution in [0.25, 0.3) is 11.1 Å². The maximum absolute atomic E-state index is 13.0. The number of carbonyl (C=O) groups excluding carboxylic acids is 3. The molecule has 0 N–H and O–H groups in total. The molecular formula is C26H23NO4. The highest BCUT2D eigenvalue weighted by Gasteiger charge is 2.66. The Kier molecular flexibility index (Phi) is 4.13. The number of amides is 2. The summed E-state index contributed by atoms with van der Waals surface area (Å²) in [4.78, 5) is 39.6. The van der Waals surface area contributed by atoms with E-state index in [1.54, 1.807) is 12.1 Å². The van der Waals surface area contributed by atoms with Gasteiger partial charge in [-0.3, -0.25) is 19.3 Å². The smallest absolute Gasteiger partial charge is 0.312 e. The van der Waals surface area contributed by atoms with Crippen molar-refractivity contribution in [2.45, 2.75) is 12.8 Å². The van der Waals surface area contributed by atoms with Crippen LogP contribution >= 0.6 is 0 Å². The second-order valence-electron chi connectivity index (χ2n) is 9.10. The summed E-state index contributed by atoms with van der Waals surface area (Å²) in [5.41, 5.74) is 2.13. The lowest BCUT2D eigenvalue weighted by atomic mass is 9.63. The number of hydrogen-bond acceptors (Lipinski definition) is 4. The maximum atomic E-state index is 13.0. The molecule has 1 heterocycles. The summed E-state index contributed by atoms with van der Waals surface area (Å²) in [5.74, 6) is 0.966. The fourth-order valence-corrected chi connectivity index (χ4v) is 5.97. The van der Waals surface area contributed by atoms with Crippen LogP contribution in [0.1, 0.15) is 12.8 Å². The molecule has 0 aromatic heterocycles. The summed E-state index contributed by atoms with van der Waals surface area (Å²) in [6, 6.07) is 17.3. The van der Waals surface area contributed by atoms with Gasteiger partial charge in [0.05, 0.1) is 18.3 Å². The minimum absolute atomic E-state index is 0.00692. The van der Waals surface area contributed by atoms with Crippen LogP contribution in [0.3, 0.4) is 0 Å². The lowest BCUT2D eigenvalue weighted by molar-refractivity contribution is -0.141. The van der Waals surface area contributed by atoms with Crippen molar-refractivity contribution < 1.29 is 19.1 Å². The number of benzene rings is 2. The van der Waals surface area contributed by atoms with Gasteiger partial charge in [-0.2, -0.15) is 0 Å². The highest BCUT2D eigenvalue weighted by Crippen LogP contribution is 2.65. The largest absolute Gasteiger partial charge is 0.426 e. The first-order valence-electron chi connectivity index (χ1n) is 11.0. The Hall–Kier alpha value is -3.21. The third-order valence-corrected chi connectivity index (χ3v) is 7.49. The number of rotatable bonds is 5. The summed E-state index contributed by atoms with van der Waals surface area (Å²) in [7, 11) is 0. The number of allylic oxidation sites excluding steroid dienone is 2. The van der Waals surface area contributed by atoms with E-state index in [0.29, 0.717) is 17.6 Å². The van der Waals surface area contributed by atoms with Gasteiger partial charge in [0.15, 0.2) is 0 Å². The summed E-state index contributed by atoms with van der Waals surface area (Å²) in [6.07, 6.45) is 5.46. The predicted octanol–water partition coefficient (Wildman–Crippen LogP) is 3.70. The number of hydrogen-bond donors (Lipinski definition) is 0. The van der Waals surface area contributed by atoms with Crippen molar-refractivity contribution in [3.05, 3.63) is 66.7 Å². The molecule has 2 aromatic carbocycles. The summed E-state index contributed by atoms with van der Waals surface area (Å²) < 4.78 is 5.43. The van der Waals surface area contributed by atoms with E-state index >= 15 is 0 Å². The van der Waals surface area contributed by atoms with Gasteiger partial charge >= 0.3 is 5.97 Å². The number of likely N-dealkylation sites (tertiary alicyclic amines) is 1. The van der Waals surface area contributed by atoms with Crippen molar-refractivity contribution in [1.82, 2.24) is 4.90 Å². The van der Waals surface area contributed by atoms with Gasteiger partial charge in [-0.1, -0.05) is 54.6 Å². The molecule has 0 spiro atoms. The third kappa shape index (κ3) is 2.94. The Labute approximate surface area is 180 Å². The van der Waals surface area contributed by atoms with Gasteiger partial charge in [0.1, 0.15) is 5.75 Å². The summed E-state index contributed by atoms with van der Waals surface area (Å²) >= 11 is 0. The van der Waals surface area contributed by atoms with Gasteiger partial charge in [-0.05, 0) is 53.4 Å². The normalized spacial score (nSPS) is 32.1. The molecule has 5 nitrogen and oxygen atoms in total. The number of nitrogens with zero attached hydrogens (tertiary/aromatic N) is 1. The molecule has 2 amide bonds. The first-order chi connectivity index (χ1) is 15.1. The topological polar surface area (TPSA) is 63.7 Å². The van der Waals surface area contributed by atoms with Gasteiger partial charge in [-0.15, -0.1) is 0 Å². The highest BCUT2D eigenvalue weighted by molar-refractivity contribution is 6.06. The number of imide groups is 1. The maximum Gasteiger partial charge on any atom is 0.312 e. The van der Waals surface area contributed by atoms with Gasteiger partial charge in [0, 0.05) is 6.54 Å². The Morgan fingerprint density at radius 1 is 0.839 bits per heavy atom. The quantitative estimate of drug-likeness (QED) is 0.325. The molecule has 31 heavy (non-hydrogen) atoms. The van der Waals surface area contributed by atoms with Crippen LogP contribution in [0, 0.1) is 35.5 Å². The molecule has 156 valence electrons. The fraction of sp³-hybridized carbons (Fsp3) is 0.346. The van der Waals surface area contributed by atoms with Crippen LogP contribution in [0.4, 0.5) is 0 Å². The Bertz CT molecular complexity index is 1050. The van der Waals surface area contributed by atoms with E-state index in [1.165, 1.54) is 4.90 Å². The van der Waals surface area contributed by atoms with Crippen molar-refractivity contribution >= 4 is 17.8 Å². The van der Waals surface area contributed by atoms with Crippen LogP contribution in [-0.4, -0.2) is 29.2 Å². The molecule has 2 bridgehead atoms. The van der Waals surface area contributed by atoms with Crippen LogP contribution in [0.15, 0.2) is 66.7 Å². The van der Waals surface area contributed by atoms with Crippen molar-refractivity contribution in [2.24, 2.45) is 35.5 Å². The second kappa shape index (κ2) is 6.91. The molecule has 0 radical (unpaired) electrons. The molecule has 6 atom stereocenters. The van der Waals surface area contributed by atoms with E-state index in [9.17, 15) is 14.4 Å². The van der Waals surface area contributed by atoms with Crippen LogP contribution < -0.4 is 4.74 Å². The van der Waals surface area contributed by atoms with Gasteiger partial charge in [0.2, 0.25) is 11.8 Å². The minimum Gasteiger partial charge on any atom is -0.426 e. The Morgan fingerprint density at radius 2 is 1.42 bits per heavy atom. The van der Waals surface area contributed by atoms with Crippen LogP contribution in [0.2, 0.25) is 0 Å². The molecule has 1 saturated heterocycles. The molecule has 2 saturated carbocycles. The second-order valence-corrected chi connectivity index (χ2v) is 9.10. The average Bonchev–Trinajstić information content (AvgIpc) is 3.58. The summed E-state index contributed by atoms with van der Waals surface area (Å²) in [5, 5.41) is 0. The molecule has 5 aliphatic rings. The third-order valence-electron chi connectivity index (χ3n) is 7.49. The highest BCUT2D eigenvalue weighted by atomic mass is 16.5. The molecule has 5 heteroatoms. The van der Waals surface area contributed by atoms with Gasteiger partial charge in [0.25, 0.3) is 0 Å². The van der Waals surface area contributed by atoms with E-state index in [1.807, 2.05) is 42.5 Å². The predicted molar refractivity (Wildman–Crippen MR) is 114 cm³/mol. The number of carbonyl (C=O) groups is 3. The first kappa shape index (κ1) is 18.6. The number of ether oxygens (including phenoxy) is 1. The molecule has 3 fully saturated rings. The van der Waals surface area contributed by atoms with E-state index < -0.39 is 5.97 Å². The standard InChI is InChI=1S/C26H23NO4/c28-22(31-17-8-6-16(7-9-17)15-4-2-1-3-5-15)12-13-27-25(29)23-18-10-11-19(21-14-20(18)21)24(23)26(27)30/h1-11,18-21,23-24H,12-14H2/t18-,19-,20-,21+,23-,24-/m1/s1. The van der Waals surface area contributed by atoms with Crippen molar-refractivity contribution in [1.29, 1.82) is 0 Å².